The third-order valence-corrected chi connectivity index (χ3v) is 2.64. The first-order chi connectivity index (χ1) is 8.60. The molecule has 1 unspecified atom stereocenters. The number of nitrogens with zero attached hydrogens (tertiary/aromatic N) is 2. The Morgan fingerprint density at radius 3 is 2.94 bits per heavy atom. The highest BCUT2D eigenvalue weighted by molar-refractivity contribution is 5.96. The standard InChI is InChI=1S/C13H17N3O2/c1-16(13(17)12(15)6-7-18-2)11-5-3-4-10(8-11)9-14/h3-5,8,12H,6-7,15H2,1-2H3. The van der Waals surface area contributed by atoms with Crippen LogP contribution in [0.25, 0.3) is 0 Å². The first-order valence-corrected chi connectivity index (χ1v) is 5.62. The van der Waals surface area contributed by atoms with Crippen molar-refractivity contribution in [2.24, 2.45) is 5.73 Å². The molecule has 1 aromatic rings. The number of anilines is 1. The highest BCUT2D eigenvalue weighted by atomic mass is 16.5. The Labute approximate surface area is 107 Å². The summed E-state index contributed by atoms with van der Waals surface area (Å²) in [5.41, 5.74) is 6.95. The number of hydrogen-bond donors (Lipinski definition) is 1. The Balaban J connectivity index is 2.76. The van der Waals surface area contributed by atoms with E-state index < -0.39 is 6.04 Å². The smallest absolute Gasteiger partial charge is 0.243 e. The van der Waals surface area contributed by atoms with E-state index in [1.165, 1.54) is 4.90 Å². The van der Waals surface area contributed by atoms with Gasteiger partial charge in [0.15, 0.2) is 0 Å². The molecule has 5 nitrogen and oxygen atoms in total. The Morgan fingerprint density at radius 2 is 2.33 bits per heavy atom. The summed E-state index contributed by atoms with van der Waals surface area (Å²) < 4.78 is 4.89. The molecule has 0 aliphatic carbocycles. The number of hydrogen-bond acceptors (Lipinski definition) is 4. The van der Waals surface area contributed by atoms with Crippen molar-refractivity contribution in [3.8, 4) is 6.07 Å². The van der Waals surface area contributed by atoms with Crippen molar-refractivity contribution in [3.05, 3.63) is 29.8 Å². The zero-order chi connectivity index (χ0) is 13.5. The largest absolute Gasteiger partial charge is 0.385 e. The summed E-state index contributed by atoms with van der Waals surface area (Å²) in [6.07, 6.45) is 0.470. The fourth-order valence-corrected chi connectivity index (χ4v) is 1.53. The predicted molar refractivity (Wildman–Crippen MR) is 69.0 cm³/mol. The quantitative estimate of drug-likeness (QED) is 0.837. The zero-order valence-electron chi connectivity index (χ0n) is 10.6. The molecule has 0 fully saturated rings. The van der Waals surface area contributed by atoms with Crippen molar-refractivity contribution < 1.29 is 9.53 Å². The number of nitrogens with two attached hydrogens (primary N) is 1. The lowest BCUT2D eigenvalue weighted by molar-refractivity contribution is -0.119. The summed E-state index contributed by atoms with van der Waals surface area (Å²) in [7, 11) is 3.21. The highest BCUT2D eigenvalue weighted by Gasteiger charge is 2.19. The molecule has 1 amide bonds. The van der Waals surface area contributed by atoms with Gasteiger partial charge in [0.2, 0.25) is 5.91 Å². The fraction of sp³-hybridized carbons (Fsp3) is 0.385. The van der Waals surface area contributed by atoms with E-state index in [0.717, 1.165) is 0 Å². The van der Waals surface area contributed by atoms with E-state index in [4.69, 9.17) is 15.7 Å². The summed E-state index contributed by atoms with van der Waals surface area (Å²) >= 11 is 0. The molecule has 1 rings (SSSR count). The van der Waals surface area contributed by atoms with E-state index >= 15 is 0 Å². The Bertz CT molecular complexity index is 454. The topological polar surface area (TPSA) is 79.3 Å². The molecule has 0 radical (unpaired) electrons. The van der Waals surface area contributed by atoms with E-state index in [1.807, 2.05) is 6.07 Å². The van der Waals surface area contributed by atoms with Crippen molar-refractivity contribution in [3.63, 3.8) is 0 Å². The van der Waals surface area contributed by atoms with E-state index in [1.54, 1.807) is 38.4 Å². The third kappa shape index (κ3) is 3.55. The molecular weight excluding hydrogens is 230 g/mol. The van der Waals surface area contributed by atoms with Crippen LogP contribution in [0.5, 0.6) is 0 Å². The van der Waals surface area contributed by atoms with Crippen LogP contribution in [0.3, 0.4) is 0 Å². The van der Waals surface area contributed by atoms with Crippen LogP contribution in [0.1, 0.15) is 12.0 Å². The van der Waals surface area contributed by atoms with Crippen molar-refractivity contribution in [2.45, 2.75) is 12.5 Å². The van der Waals surface area contributed by atoms with Crippen LogP contribution < -0.4 is 10.6 Å². The number of amides is 1. The second-order valence-electron chi connectivity index (χ2n) is 3.95. The second kappa shape index (κ2) is 6.74. The molecule has 96 valence electrons. The van der Waals surface area contributed by atoms with Gasteiger partial charge < -0.3 is 15.4 Å². The van der Waals surface area contributed by atoms with E-state index in [9.17, 15) is 4.79 Å². The molecule has 0 spiro atoms. The number of carbonyl (C=O) groups excluding carboxylic acids is 1. The monoisotopic (exact) mass is 247 g/mol. The number of rotatable bonds is 5. The first kappa shape index (κ1) is 14.2. The lowest BCUT2D eigenvalue weighted by Gasteiger charge is -2.21. The normalized spacial score (nSPS) is 11.7. The van der Waals surface area contributed by atoms with Crippen LogP contribution in [0.15, 0.2) is 24.3 Å². The maximum absolute atomic E-state index is 12.0. The van der Waals surface area contributed by atoms with Gasteiger partial charge in [-0.2, -0.15) is 5.26 Å². The summed E-state index contributed by atoms with van der Waals surface area (Å²) in [5.74, 6) is -0.192. The minimum Gasteiger partial charge on any atom is -0.385 e. The average molecular weight is 247 g/mol. The first-order valence-electron chi connectivity index (χ1n) is 5.62. The maximum atomic E-state index is 12.0. The van der Waals surface area contributed by atoms with Crippen molar-refractivity contribution >= 4 is 11.6 Å². The van der Waals surface area contributed by atoms with Gasteiger partial charge in [-0.15, -0.1) is 0 Å². The van der Waals surface area contributed by atoms with Gasteiger partial charge in [-0.1, -0.05) is 6.07 Å². The predicted octanol–water partition coefficient (Wildman–Crippen LogP) is 0.885. The SMILES string of the molecule is COCCC(N)C(=O)N(C)c1cccc(C#N)c1. The van der Waals surface area contributed by atoms with Gasteiger partial charge in [-0.05, 0) is 24.6 Å². The molecule has 5 heteroatoms. The van der Waals surface area contributed by atoms with Gasteiger partial charge >= 0.3 is 0 Å². The van der Waals surface area contributed by atoms with Gasteiger partial charge in [0.25, 0.3) is 0 Å². The minimum absolute atomic E-state index is 0.192. The van der Waals surface area contributed by atoms with Crippen LogP contribution in [0.2, 0.25) is 0 Å². The van der Waals surface area contributed by atoms with Crippen LogP contribution in [0.4, 0.5) is 5.69 Å². The second-order valence-corrected chi connectivity index (χ2v) is 3.95. The minimum atomic E-state index is -0.597. The number of nitriles is 1. The molecule has 0 aliphatic rings. The maximum Gasteiger partial charge on any atom is 0.243 e. The number of likely N-dealkylation sites (N-methyl/N-ethyl adjacent to an activating group) is 1. The van der Waals surface area contributed by atoms with E-state index in [2.05, 4.69) is 0 Å². The summed E-state index contributed by atoms with van der Waals surface area (Å²) in [6.45, 7) is 0.443. The Morgan fingerprint density at radius 1 is 1.61 bits per heavy atom. The molecule has 18 heavy (non-hydrogen) atoms. The summed E-state index contributed by atoms with van der Waals surface area (Å²) in [6, 6.07) is 8.28. The highest BCUT2D eigenvalue weighted by Crippen LogP contribution is 2.15. The molecule has 0 heterocycles. The molecule has 0 aromatic heterocycles. The molecule has 1 atom stereocenters. The number of ether oxygens (including phenoxy) is 1. The summed E-state index contributed by atoms with van der Waals surface area (Å²) in [5, 5.41) is 8.81. The third-order valence-electron chi connectivity index (χ3n) is 2.64. The van der Waals surface area contributed by atoms with Gasteiger partial charge in [0, 0.05) is 26.5 Å². The molecule has 0 saturated carbocycles. The molecule has 2 N–H and O–H groups in total. The molecule has 0 saturated heterocycles. The number of benzene rings is 1. The van der Waals surface area contributed by atoms with Crippen molar-refractivity contribution in [1.29, 1.82) is 5.26 Å². The lowest BCUT2D eigenvalue weighted by Crippen LogP contribution is -2.42. The van der Waals surface area contributed by atoms with Crippen LogP contribution in [-0.4, -0.2) is 32.7 Å². The summed E-state index contributed by atoms with van der Waals surface area (Å²) in [4.78, 5) is 13.5. The van der Waals surface area contributed by atoms with Crippen LogP contribution >= 0.6 is 0 Å². The average Bonchev–Trinajstić information content (AvgIpc) is 2.43. The molecular formula is C13H17N3O2. The van der Waals surface area contributed by atoms with Gasteiger partial charge in [0.1, 0.15) is 0 Å². The van der Waals surface area contributed by atoms with Crippen LogP contribution in [-0.2, 0) is 9.53 Å². The molecule has 1 aromatic carbocycles. The number of carbonyl (C=O) groups is 1. The molecule has 0 aliphatic heterocycles. The lowest BCUT2D eigenvalue weighted by atomic mass is 10.1. The van der Waals surface area contributed by atoms with Gasteiger partial charge in [0.05, 0.1) is 17.7 Å². The van der Waals surface area contributed by atoms with Crippen molar-refractivity contribution in [2.75, 3.05) is 25.7 Å². The Kier molecular flexibility index (Phi) is 5.31. The molecule has 0 bridgehead atoms. The Hall–Kier alpha value is -1.90. The van der Waals surface area contributed by atoms with E-state index in [0.29, 0.717) is 24.3 Å². The van der Waals surface area contributed by atoms with E-state index in [-0.39, 0.29) is 5.91 Å². The number of methoxy groups -OCH3 is 1. The van der Waals surface area contributed by atoms with Gasteiger partial charge in [-0.3, -0.25) is 4.79 Å². The zero-order valence-corrected chi connectivity index (χ0v) is 10.6. The van der Waals surface area contributed by atoms with Crippen LogP contribution in [0, 0.1) is 11.3 Å². The van der Waals surface area contributed by atoms with Crippen molar-refractivity contribution in [1.82, 2.24) is 0 Å². The fourth-order valence-electron chi connectivity index (χ4n) is 1.53. The van der Waals surface area contributed by atoms with Gasteiger partial charge in [-0.25, -0.2) is 0 Å².